The van der Waals surface area contributed by atoms with Gasteiger partial charge in [0.25, 0.3) is 0 Å². The molecule has 2 amide bonds. The molecule has 1 aliphatic heterocycles. The van der Waals surface area contributed by atoms with E-state index in [9.17, 15) is 19.5 Å². The average Bonchev–Trinajstić information content (AvgIpc) is 3.43. The third-order valence-corrected chi connectivity index (χ3v) is 6.94. The Morgan fingerprint density at radius 3 is 2.26 bits per heavy atom. The van der Waals surface area contributed by atoms with Crippen molar-refractivity contribution in [1.82, 2.24) is 10.2 Å². The number of methoxy groups -OCH3 is 1. The Labute approximate surface area is 198 Å². The number of carbonyl (C=O) groups excluding carboxylic acids is 2. The number of rotatable bonds is 8. The van der Waals surface area contributed by atoms with Crippen LogP contribution in [0.4, 0.5) is 4.79 Å². The summed E-state index contributed by atoms with van der Waals surface area (Å²) in [5.74, 6) is -1.33. The topological polar surface area (TPSA) is 105 Å². The molecule has 8 nitrogen and oxygen atoms in total. The van der Waals surface area contributed by atoms with E-state index in [0.29, 0.717) is 13.0 Å². The van der Waals surface area contributed by atoms with E-state index in [0.717, 1.165) is 22.3 Å². The van der Waals surface area contributed by atoms with Gasteiger partial charge < -0.3 is 24.8 Å². The lowest BCUT2D eigenvalue weighted by atomic mass is 9.98. The number of carboxylic acids is 1. The Bertz CT molecular complexity index is 1040. The molecule has 8 heteroatoms. The van der Waals surface area contributed by atoms with Crippen LogP contribution in [0.3, 0.4) is 0 Å². The monoisotopic (exact) mass is 466 g/mol. The summed E-state index contributed by atoms with van der Waals surface area (Å²) in [5, 5.41) is 12.2. The van der Waals surface area contributed by atoms with E-state index >= 15 is 0 Å². The second-order valence-corrected chi connectivity index (χ2v) is 8.85. The highest BCUT2D eigenvalue weighted by atomic mass is 16.5. The van der Waals surface area contributed by atoms with Crippen molar-refractivity contribution in [2.24, 2.45) is 0 Å². The van der Waals surface area contributed by atoms with Gasteiger partial charge in [-0.25, -0.2) is 9.59 Å². The molecule has 1 unspecified atom stereocenters. The molecule has 2 aromatic carbocycles. The molecule has 2 N–H and O–H groups in total. The summed E-state index contributed by atoms with van der Waals surface area (Å²) in [7, 11) is 1.34. The normalized spacial score (nSPS) is 19.9. The first-order valence-electron chi connectivity index (χ1n) is 11.6. The average molecular weight is 467 g/mol. The van der Waals surface area contributed by atoms with Crippen LogP contribution < -0.4 is 5.32 Å². The van der Waals surface area contributed by atoms with Crippen LogP contribution in [0.2, 0.25) is 0 Å². The zero-order chi connectivity index (χ0) is 24.3. The smallest absolute Gasteiger partial charge is 0.407 e. The lowest BCUT2D eigenvalue weighted by Crippen LogP contribution is -2.45. The van der Waals surface area contributed by atoms with E-state index in [2.05, 4.69) is 29.6 Å². The molecular weight excluding hydrogens is 436 g/mol. The number of aliphatic carboxylic acids is 1. The van der Waals surface area contributed by atoms with E-state index in [4.69, 9.17) is 9.47 Å². The van der Waals surface area contributed by atoms with Gasteiger partial charge in [-0.2, -0.15) is 0 Å². The van der Waals surface area contributed by atoms with Gasteiger partial charge in [0.15, 0.2) is 5.60 Å². The van der Waals surface area contributed by atoms with Crippen molar-refractivity contribution in [3.63, 3.8) is 0 Å². The van der Waals surface area contributed by atoms with Crippen molar-refractivity contribution in [3.8, 4) is 11.1 Å². The lowest BCUT2D eigenvalue weighted by molar-refractivity contribution is -0.161. The Morgan fingerprint density at radius 1 is 1.12 bits per heavy atom. The van der Waals surface area contributed by atoms with Gasteiger partial charge in [-0.05, 0) is 28.7 Å². The molecule has 0 saturated carbocycles. The van der Waals surface area contributed by atoms with Gasteiger partial charge in [-0.15, -0.1) is 0 Å². The maximum Gasteiger partial charge on any atom is 0.407 e. The molecule has 1 heterocycles. The zero-order valence-electron chi connectivity index (χ0n) is 19.5. The van der Waals surface area contributed by atoms with Crippen molar-refractivity contribution >= 4 is 18.0 Å². The second kappa shape index (κ2) is 9.85. The summed E-state index contributed by atoms with van der Waals surface area (Å²) in [6, 6.07) is 15.8. The van der Waals surface area contributed by atoms with Gasteiger partial charge >= 0.3 is 12.1 Å². The zero-order valence-corrected chi connectivity index (χ0v) is 19.5. The SMILES string of the molecule is CC[C@@H](CC(=O)N1CCC(OC)(C(=O)O)C1)NC(=O)OCC1c2ccccc2-c2ccccc21. The third-order valence-electron chi connectivity index (χ3n) is 6.94. The molecule has 180 valence electrons. The van der Waals surface area contributed by atoms with Crippen molar-refractivity contribution in [2.45, 2.75) is 43.7 Å². The molecule has 1 fully saturated rings. The van der Waals surface area contributed by atoms with Gasteiger partial charge in [-0.1, -0.05) is 55.5 Å². The van der Waals surface area contributed by atoms with Crippen LogP contribution in [0, 0.1) is 0 Å². The highest BCUT2D eigenvalue weighted by molar-refractivity contribution is 5.83. The van der Waals surface area contributed by atoms with Crippen molar-refractivity contribution in [3.05, 3.63) is 59.7 Å². The van der Waals surface area contributed by atoms with Gasteiger partial charge in [-0.3, -0.25) is 4.79 Å². The molecule has 34 heavy (non-hydrogen) atoms. The molecule has 4 rings (SSSR count). The minimum atomic E-state index is -1.36. The number of carboxylic acid groups (broad SMARTS) is 1. The first-order chi connectivity index (χ1) is 16.4. The first kappa shape index (κ1) is 23.8. The molecule has 2 aromatic rings. The molecule has 2 atom stereocenters. The minimum absolute atomic E-state index is 0.000947. The van der Waals surface area contributed by atoms with Crippen LogP contribution >= 0.6 is 0 Å². The molecule has 0 radical (unpaired) electrons. The van der Waals surface area contributed by atoms with Crippen molar-refractivity contribution in [2.75, 3.05) is 26.8 Å². The quantitative estimate of drug-likeness (QED) is 0.618. The van der Waals surface area contributed by atoms with E-state index in [1.807, 2.05) is 31.2 Å². The van der Waals surface area contributed by atoms with E-state index in [1.54, 1.807) is 0 Å². The lowest BCUT2D eigenvalue weighted by Gasteiger charge is -2.24. The third kappa shape index (κ3) is 4.50. The molecule has 2 aliphatic rings. The molecular formula is C26H30N2O6. The van der Waals surface area contributed by atoms with E-state index in [-0.39, 0.29) is 37.8 Å². The summed E-state index contributed by atoms with van der Waals surface area (Å²) in [6.07, 6.45) is 0.277. The van der Waals surface area contributed by atoms with Gasteiger partial charge in [0.2, 0.25) is 5.91 Å². The predicted molar refractivity (Wildman–Crippen MR) is 125 cm³/mol. The summed E-state index contributed by atoms with van der Waals surface area (Å²) < 4.78 is 10.8. The van der Waals surface area contributed by atoms with Gasteiger partial charge in [0, 0.05) is 38.5 Å². The molecule has 0 bridgehead atoms. The number of carbonyl (C=O) groups is 3. The Balaban J connectivity index is 1.33. The van der Waals surface area contributed by atoms with Crippen LogP contribution in [-0.2, 0) is 19.1 Å². The Hall–Kier alpha value is -3.39. The number of hydrogen-bond acceptors (Lipinski definition) is 5. The fourth-order valence-corrected chi connectivity index (χ4v) is 4.87. The maximum absolute atomic E-state index is 12.7. The minimum Gasteiger partial charge on any atom is -0.479 e. The number of likely N-dealkylation sites (tertiary alicyclic amines) is 1. The highest BCUT2D eigenvalue weighted by Crippen LogP contribution is 2.44. The Morgan fingerprint density at radius 2 is 1.74 bits per heavy atom. The van der Waals surface area contributed by atoms with E-state index in [1.165, 1.54) is 12.0 Å². The summed E-state index contributed by atoms with van der Waals surface area (Å²) in [6.45, 7) is 2.38. The number of nitrogens with one attached hydrogen (secondary N) is 1. The molecule has 0 spiro atoms. The van der Waals surface area contributed by atoms with Gasteiger partial charge in [0.05, 0.1) is 6.54 Å². The van der Waals surface area contributed by atoms with Crippen LogP contribution in [-0.4, -0.2) is 66.4 Å². The standard InChI is InChI=1S/C26H30N2O6/c1-3-17(14-23(29)28-13-12-26(16-28,33-2)24(30)31)27-25(32)34-15-22-20-10-6-4-8-18(20)19-9-5-7-11-21(19)22/h4-11,17,22H,3,12-16H2,1-2H3,(H,27,32)(H,30,31)/t17-,26?/m0/s1. The summed E-state index contributed by atoms with van der Waals surface area (Å²) >= 11 is 0. The van der Waals surface area contributed by atoms with E-state index < -0.39 is 23.7 Å². The number of hydrogen-bond donors (Lipinski definition) is 2. The first-order valence-corrected chi connectivity index (χ1v) is 11.6. The summed E-state index contributed by atoms with van der Waals surface area (Å²) in [5.41, 5.74) is 3.21. The van der Waals surface area contributed by atoms with Crippen LogP contribution in [0.5, 0.6) is 0 Å². The number of ether oxygens (including phenoxy) is 2. The molecule has 1 aliphatic carbocycles. The predicted octanol–water partition coefficient (Wildman–Crippen LogP) is 3.40. The number of fused-ring (bicyclic) bond motifs is 3. The molecule has 0 aromatic heterocycles. The fraction of sp³-hybridized carbons (Fsp3) is 0.423. The fourth-order valence-electron chi connectivity index (χ4n) is 4.87. The maximum atomic E-state index is 12.7. The highest BCUT2D eigenvalue weighted by Gasteiger charge is 2.46. The summed E-state index contributed by atoms with van der Waals surface area (Å²) in [4.78, 5) is 38.4. The van der Waals surface area contributed by atoms with Gasteiger partial charge in [0.1, 0.15) is 6.61 Å². The second-order valence-electron chi connectivity index (χ2n) is 8.85. The number of benzene rings is 2. The number of nitrogens with zero attached hydrogens (tertiary/aromatic N) is 1. The number of amides is 2. The van der Waals surface area contributed by atoms with Crippen LogP contribution in [0.25, 0.3) is 11.1 Å². The van der Waals surface area contributed by atoms with Crippen molar-refractivity contribution in [1.29, 1.82) is 0 Å². The Kier molecular flexibility index (Phi) is 6.88. The van der Waals surface area contributed by atoms with Crippen molar-refractivity contribution < 1.29 is 29.0 Å². The van der Waals surface area contributed by atoms with Crippen LogP contribution in [0.15, 0.2) is 48.5 Å². The number of alkyl carbamates (subject to hydrolysis) is 1. The van der Waals surface area contributed by atoms with Crippen LogP contribution in [0.1, 0.15) is 43.2 Å². The largest absolute Gasteiger partial charge is 0.479 e. The molecule has 1 saturated heterocycles.